The SMILES string of the molecule is O=C(Nc1ccc(C(=O)O)nc1)NN1CCOCC1. The van der Waals surface area contributed by atoms with E-state index in [0.717, 1.165) is 0 Å². The Bertz CT molecular complexity index is 456. The van der Waals surface area contributed by atoms with Crippen LogP contribution in [0, 0.1) is 0 Å². The van der Waals surface area contributed by atoms with Crippen molar-refractivity contribution < 1.29 is 19.4 Å². The van der Waals surface area contributed by atoms with Gasteiger partial charge in [-0.3, -0.25) is 5.43 Å². The van der Waals surface area contributed by atoms with Crippen molar-refractivity contribution in [3.8, 4) is 0 Å². The molecule has 2 rings (SSSR count). The molecule has 0 aliphatic carbocycles. The maximum Gasteiger partial charge on any atom is 0.354 e. The van der Waals surface area contributed by atoms with Crippen LogP contribution < -0.4 is 10.7 Å². The Kier molecular flexibility index (Phi) is 4.26. The average Bonchev–Trinajstić information content (AvgIpc) is 2.40. The van der Waals surface area contributed by atoms with Crippen LogP contribution in [0.25, 0.3) is 0 Å². The summed E-state index contributed by atoms with van der Waals surface area (Å²) < 4.78 is 5.16. The van der Waals surface area contributed by atoms with Crippen molar-refractivity contribution >= 4 is 17.7 Å². The number of hydrogen-bond donors (Lipinski definition) is 3. The summed E-state index contributed by atoms with van der Waals surface area (Å²) in [4.78, 5) is 26.0. The van der Waals surface area contributed by atoms with E-state index in [1.165, 1.54) is 18.3 Å². The lowest BCUT2D eigenvalue weighted by Gasteiger charge is -2.26. The summed E-state index contributed by atoms with van der Waals surface area (Å²) in [5.41, 5.74) is 3.02. The Hall–Kier alpha value is -2.19. The summed E-state index contributed by atoms with van der Waals surface area (Å²) in [5.74, 6) is -1.11. The van der Waals surface area contributed by atoms with Gasteiger partial charge >= 0.3 is 12.0 Å². The van der Waals surface area contributed by atoms with Crippen LogP contribution >= 0.6 is 0 Å². The first-order valence-corrected chi connectivity index (χ1v) is 5.75. The highest BCUT2D eigenvalue weighted by molar-refractivity contribution is 5.90. The zero-order valence-corrected chi connectivity index (χ0v) is 10.1. The third kappa shape index (κ3) is 3.90. The summed E-state index contributed by atoms with van der Waals surface area (Å²) in [6.45, 7) is 2.41. The minimum Gasteiger partial charge on any atom is -0.477 e. The van der Waals surface area contributed by atoms with Crippen molar-refractivity contribution in [2.24, 2.45) is 0 Å². The molecular formula is C11H14N4O4. The van der Waals surface area contributed by atoms with E-state index in [4.69, 9.17) is 9.84 Å². The maximum atomic E-state index is 11.7. The van der Waals surface area contributed by atoms with Gasteiger partial charge in [0, 0.05) is 13.1 Å². The summed E-state index contributed by atoms with van der Waals surface area (Å²) >= 11 is 0. The number of morpholine rings is 1. The summed E-state index contributed by atoms with van der Waals surface area (Å²) in [6, 6.07) is 2.41. The number of hydrazine groups is 1. The van der Waals surface area contributed by atoms with E-state index < -0.39 is 12.0 Å². The van der Waals surface area contributed by atoms with Gasteiger partial charge in [-0.2, -0.15) is 0 Å². The Balaban J connectivity index is 1.85. The lowest BCUT2D eigenvalue weighted by molar-refractivity contribution is 0.0207. The molecule has 0 unspecified atom stereocenters. The van der Waals surface area contributed by atoms with Gasteiger partial charge < -0.3 is 15.2 Å². The fourth-order valence-electron chi connectivity index (χ4n) is 1.57. The molecular weight excluding hydrogens is 252 g/mol. The first kappa shape index (κ1) is 13.2. The predicted molar refractivity (Wildman–Crippen MR) is 65.7 cm³/mol. The average molecular weight is 266 g/mol. The van der Waals surface area contributed by atoms with Gasteiger partial charge in [0.15, 0.2) is 0 Å². The zero-order chi connectivity index (χ0) is 13.7. The standard InChI is InChI=1S/C11H14N4O4/c16-10(17)9-2-1-8(7-12-9)13-11(18)14-15-3-5-19-6-4-15/h1-2,7H,3-6H2,(H,16,17)(H2,13,14,18). The summed E-state index contributed by atoms with van der Waals surface area (Å²) in [5, 5.41) is 13.0. The van der Waals surface area contributed by atoms with Crippen molar-refractivity contribution in [3.05, 3.63) is 24.0 Å². The van der Waals surface area contributed by atoms with Crippen LogP contribution in [0.4, 0.5) is 10.5 Å². The highest BCUT2D eigenvalue weighted by Gasteiger charge is 2.13. The molecule has 2 heterocycles. The third-order valence-corrected chi connectivity index (χ3v) is 2.51. The van der Waals surface area contributed by atoms with E-state index in [9.17, 15) is 9.59 Å². The molecule has 0 aromatic carbocycles. The topological polar surface area (TPSA) is 104 Å². The predicted octanol–water partition coefficient (Wildman–Crippen LogP) is 0.148. The molecule has 8 nitrogen and oxygen atoms in total. The number of ether oxygens (including phenoxy) is 1. The van der Waals surface area contributed by atoms with E-state index in [2.05, 4.69) is 15.7 Å². The Labute approximate surface area is 109 Å². The number of aromatic nitrogens is 1. The molecule has 19 heavy (non-hydrogen) atoms. The first-order valence-electron chi connectivity index (χ1n) is 5.75. The smallest absolute Gasteiger partial charge is 0.354 e. The number of pyridine rings is 1. The molecule has 1 aromatic heterocycles. The first-order chi connectivity index (χ1) is 9.15. The molecule has 102 valence electrons. The molecule has 0 bridgehead atoms. The van der Waals surface area contributed by atoms with Gasteiger partial charge in [-0.05, 0) is 12.1 Å². The summed E-state index contributed by atoms with van der Waals surface area (Å²) in [7, 11) is 0. The number of aromatic carboxylic acids is 1. The van der Waals surface area contributed by atoms with E-state index in [0.29, 0.717) is 32.0 Å². The highest BCUT2D eigenvalue weighted by Crippen LogP contribution is 2.06. The molecule has 0 saturated carbocycles. The molecule has 2 amide bonds. The van der Waals surface area contributed by atoms with Gasteiger partial charge in [-0.25, -0.2) is 19.6 Å². The molecule has 3 N–H and O–H groups in total. The fraction of sp³-hybridized carbons (Fsp3) is 0.364. The number of carboxylic acid groups (broad SMARTS) is 1. The van der Waals surface area contributed by atoms with Crippen LogP contribution in [0.2, 0.25) is 0 Å². The molecule has 1 fully saturated rings. The van der Waals surface area contributed by atoms with Crippen LogP contribution in [0.15, 0.2) is 18.3 Å². The molecule has 0 radical (unpaired) electrons. The Morgan fingerprint density at radius 2 is 2.05 bits per heavy atom. The van der Waals surface area contributed by atoms with Gasteiger partial charge in [-0.15, -0.1) is 0 Å². The van der Waals surface area contributed by atoms with E-state index in [-0.39, 0.29) is 5.69 Å². The lowest BCUT2D eigenvalue weighted by atomic mass is 10.3. The van der Waals surface area contributed by atoms with Crippen LogP contribution in [0.3, 0.4) is 0 Å². The molecule has 1 aliphatic heterocycles. The quantitative estimate of drug-likeness (QED) is 0.719. The second-order valence-electron chi connectivity index (χ2n) is 3.90. The number of carboxylic acids is 1. The van der Waals surface area contributed by atoms with Gasteiger partial charge in [-0.1, -0.05) is 0 Å². The molecule has 1 aromatic rings. The lowest BCUT2D eigenvalue weighted by Crippen LogP contribution is -2.49. The number of carbonyl (C=O) groups is 2. The number of nitrogens with zero attached hydrogens (tertiary/aromatic N) is 2. The number of rotatable bonds is 3. The van der Waals surface area contributed by atoms with E-state index >= 15 is 0 Å². The van der Waals surface area contributed by atoms with Crippen LogP contribution in [0.5, 0.6) is 0 Å². The van der Waals surface area contributed by atoms with Crippen molar-refractivity contribution in [2.45, 2.75) is 0 Å². The number of urea groups is 1. The highest BCUT2D eigenvalue weighted by atomic mass is 16.5. The number of carbonyl (C=O) groups excluding carboxylic acids is 1. The molecule has 8 heteroatoms. The zero-order valence-electron chi connectivity index (χ0n) is 10.1. The molecule has 1 aliphatic rings. The van der Waals surface area contributed by atoms with E-state index in [1.807, 2.05) is 0 Å². The van der Waals surface area contributed by atoms with Crippen molar-refractivity contribution in [2.75, 3.05) is 31.6 Å². The normalized spacial score (nSPS) is 15.8. The Morgan fingerprint density at radius 3 is 2.63 bits per heavy atom. The second-order valence-corrected chi connectivity index (χ2v) is 3.90. The molecule has 0 atom stereocenters. The monoisotopic (exact) mass is 266 g/mol. The van der Waals surface area contributed by atoms with Crippen LogP contribution in [-0.4, -0.2) is 53.4 Å². The minimum atomic E-state index is -1.11. The van der Waals surface area contributed by atoms with Gasteiger partial charge in [0.1, 0.15) is 5.69 Å². The number of amides is 2. The number of nitrogens with one attached hydrogen (secondary N) is 2. The van der Waals surface area contributed by atoms with Gasteiger partial charge in [0.2, 0.25) is 0 Å². The van der Waals surface area contributed by atoms with Gasteiger partial charge in [0.05, 0.1) is 25.1 Å². The summed E-state index contributed by atoms with van der Waals surface area (Å²) in [6.07, 6.45) is 1.29. The second kappa shape index (κ2) is 6.12. The maximum absolute atomic E-state index is 11.7. The van der Waals surface area contributed by atoms with Crippen LogP contribution in [-0.2, 0) is 4.74 Å². The van der Waals surface area contributed by atoms with Gasteiger partial charge in [0.25, 0.3) is 0 Å². The number of hydrogen-bond acceptors (Lipinski definition) is 5. The molecule has 0 spiro atoms. The van der Waals surface area contributed by atoms with Crippen molar-refractivity contribution in [1.82, 2.24) is 15.4 Å². The fourth-order valence-corrected chi connectivity index (χ4v) is 1.57. The number of anilines is 1. The molecule has 1 saturated heterocycles. The largest absolute Gasteiger partial charge is 0.477 e. The van der Waals surface area contributed by atoms with Crippen LogP contribution in [0.1, 0.15) is 10.5 Å². The Morgan fingerprint density at radius 1 is 1.32 bits per heavy atom. The van der Waals surface area contributed by atoms with Crippen molar-refractivity contribution in [3.63, 3.8) is 0 Å². The van der Waals surface area contributed by atoms with Crippen molar-refractivity contribution in [1.29, 1.82) is 0 Å². The van der Waals surface area contributed by atoms with E-state index in [1.54, 1.807) is 5.01 Å². The minimum absolute atomic E-state index is 0.0702. The third-order valence-electron chi connectivity index (χ3n) is 2.51.